The normalized spacial score (nSPS) is 32.2. The van der Waals surface area contributed by atoms with E-state index in [1.165, 1.54) is 6.42 Å². The zero-order valence-electron chi connectivity index (χ0n) is 12.4. The minimum atomic E-state index is 0.261. The molecule has 0 aromatic carbocycles. The van der Waals surface area contributed by atoms with E-state index in [4.69, 9.17) is 0 Å². The first-order valence-electron chi connectivity index (χ1n) is 7.05. The molecule has 4 atom stereocenters. The summed E-state index contributed by atoms with van der Waals surface area (Å²) in [7, 11) is 2.16. The van der Waals surface area contributed by atoms with Gasteiger partial charge in [0.2, 0.25) is 0 Å². The molecule has 2 nitrogen and oxygen atoms in total. The van der Waals surface area contributed by atoms with Crippen LogP contribution in [0.2, 0.25) is 0 Å². The molecule has 0 bridgehead atoms. The molecule has 0 aliphatic heterocycles. The van der Waals surface area contributed by atoms with Crippen molar-refractivity contribution in [1.82, 2.24) is 4.90 Å². The Kier molecular flexibility index (Phi) is 5.18. The smallest absolute Gasteiger partial charge is 0.137 e. The molecule has 0 amide bonds. The van der Waals surface area contributed by atoms with E-state index < -0.39 is 0 Å². The second kappa shape index (κ2) is 5.99. The maximum atomic E-state index is 12.1. The van der Waals surface area contributed by atoms with Crippen LogP contribution in [0.5, 0.6) is 0 Å². The zero-order chi connectivity index (χ0) is 13.2. The topological polar surface area (TPSA) is 20.3 Å². The van der Waals surface area contributed by atoms with Gasteiger partial charge in [0.05, 0.1) is 0 Å². The number of carbonyl (C=O) groups excluding carboxylic acids is 1. The fourth-order valence-corrected chi connectivity index (χ4v) is 2.96. The molecule has 0 saturated heterocycles. The number of carbonyl (C=O) groups is 1. The molecule has 1 rings (SSSR count). The van der Waals surface area contributed by atoms with Gasteiger partial charge in [-0.05, 0) is 38.1 Å². The first-order valence-corrected chi connectivity index (χ1v) is 7.05. The Hall–Kier alpha value is -0.370. The summed E-state index contributed by atoms with van der Waals surface area (Å²) in [6.45, 7) is 12.1. The quantitative estimate of drug-likeness (QED) is 0.751. The summed E-state index contributed by atoms with van der Waals surface area (Å²) in [6.07, 6.45) is 2.00. The Morgan fingerprint density at radius 3 is 2.35 bits per heavy atom. The monoisotopic (exact) mass is 239 g/mol. The van der Waals surface area contributed by atoms with Crippen molar-refractivity contribution in [3.8, 4) is 0 Å². The highest BCUT2D eigenvalue weighted by Crippen LogP contribution is 2.31. The van der Waals surface area contributed by atoms with Crippen molar-refractivity contribution in [3.63, 3.8) is 0 Å². The minimum Gasteiger partial charge on any atom is -0.303 e. The Bertz CT molecular complexity index is 262. The third-order valence-corrected chi connectivity index (χ3v) is 4.57. The van der Waals surface area contributed by atoms with Crippen LogP contribution in [0.25, 0.3) is 0 Å². The van der Waals surface area contributed by atoms with E-state index in [1.54, 1.807) is 0 Å². The van der Waals surface area contributed by atoms with Gasteiger partial charge in [0.25, 0.3) is 0 Å². The van der Waals surface area contributed by atoms with Crippen LogP contribution in [0, 0.1) is 23.7 Å². The van der Waals surface area contributed by atoms with Gasteiger partial charge in [-0.25, -0.2) is 0 Å². The Labute approximate surface area is 107 Å². The van der Waals surface area contributed by atoms with Crippen LogP contribution in [0.4, 0.5) is 0 Å². The van der Waals surface area contributed by atoms with E-state index in [-0.39, 0.29) is 5.92 Å². The van der Waals surface area contributed by atoms with E-state index in [1.807, 2.05) is 0 Å². The number of nitrogens with zero attached hydrogens (tertiary/aromatic N) is 1. The molecular formula is C15H29NO. The maximum absolute atomic E-state index is 12.1. The van der Waals surface area contributed by atoms with Gasteiger partial charge in [-0.2, -0.15) is 0 Å². The van der Waals surface area contributed by atoms with Gasteiger partial charge in [0, 0.05) is 24.9 Å². The summed E-state index contributed by atoms with van der Waals surface area (Å²) >= 11 is 0. The van der Waals surface area contributed by atoms with E-state index in [9.17, 15) is 4.79 Å². The van der Waals surface area contributed by atoms with Gasteiger partial charge in [-0.15, -0.1) is 0 Å². The van der Waals surface area contributed by atoms with Crippen LogP contribution in [-0.2, 0) is 4.79 Å². The zero-order valence-corrected chi connectivity index (χ0v) is 12.4. The van der Waals surface area contributed by atoms with Crippen LogP contribution in [-0.4, -0.2) is 30.3 Å². The van der Waals surface area contributed by atoms with Crippen molar-refractivity contribution in [1.29, 1.82) is 0 Å². The molecule has 0 spiro atoms. The van der Waals surface area contributed by atoms with Crippen molar-refractivity contribution in [2.75, 3.05) is 13.6 Å². The Morgan fingerprint density at radius 1 is 1.29 bits per heavy atom. The van der Waals surface area contributed by atoms with E-state index in [0.29, 0.717) is 29.6 Å². The summed E-state index contributed by atoms with van der Waals surface area (Å²) in [5, 5.41) is 0. The standard InChI is InChI=1S/C15H29NO/c1-10(2)13(5)16(6)9-14-12(4)7-11(3)8-15(14)17/h10-14H,7-9H2,1-6H3. The van der Waals surface area contributed by atoms with Gasteiger partial charge < -0.3 is 4.90 Å². The molecule has 0 radical (unpaired) electrons. The van der Waals surface area contributed by atoms with Crippen LogP contribution in [0.3, 0.4) is 0 Å². The summed E-state index contributed by atoms with van der Waals surface area (Å²) in [5.41, 5.74) is 0. The van der Waals surface area contributed by atoms with Crippen molar-refractivity contribution in [3.05, 3.63) is 0 Å². The van der Waals surface area contributed by atoms with Crippen molar-refractivity contribution in [2.45, 2.75) is 53.5 Å². The molecule has 0 N–H and O–H groups in total. The van der Waals surface area contributed by atoms with Gasteiger partial charge in [0.15, 0.2) is 0 Å². The predicted molar refractivity (Wildman–Crippen MR) is 73.0 cm³/mol. The number of ketones is 1. The van der Waals surface area contributed by atoms with Gasteiger partial charge in [-0.3, -0.25) is 4.79 Å². The highest BCUT2D eigenvalue weighted by Gasteiger charge is 2.33. The molecular weight excluding hydrogens is 210 g/mol. The molecule has 2 heteroatoms. The lowest BCUT2D eigenvalue weighted by molar-refractivity contribution is -0.128. The average molecular weight is 239 g/mol. The SMILES string of the molecule is CC1CC(=O)C(CN(C)C(C)C(C)C)C(C)C1. The molecule has 0 aromatic rings. The third-order valence-electron chi connectivity index (χ3n) is 4.57. The van der Waals surface area contributed by atoms with Gasteiger partial charge in [-0.1, -0.05) is 27.7 Å². The molecule has 1 aliphatic rings. The van der Waals surface area contributed by atoms with Crippen LogP contribution in [0.15, 0.2) is 0 Å². The van der Waals surface area contributed by atoms with E-state index >= 15 is 0 Å². The van der Waals surface area contributed by atoms with Crippen molar-refractivity contribution >= 4 is 5.78 Å². The molecule has 1 aliphatic carbocycles. The van der Waals surface area contributed by atoms with E-state index in [0.717, 1.165) is 13.0 Å². The summed E-state index contributed by atoms with van der Waals surface area (Å²) < 4.78 is 0. The molecule has 0 heterocycles. The van der Waals surface area contributed by atoms with Crippen LogP contribution >= 0.6 is 0 Å². The highest BCUT2D eigenvalue weighted by molar-refractivity contribution is 5.82. The average Bonchev–Trinajstić information content (AvgIpc) is 2.21. The first-order chi connectivity index (χ1) is 7.82. The molecule has 1 saturated carbocycles. The molecule has 17 heavy (non-hydrogen) atoms. The largest absolute Gasteiger partial charge is 0.303 e. The number of Topliss-reactive ketones (excluding diaryl/α,β-unsaturated/α-hetero) is 1. The van der Waals surface area contributed by atoms with Gasteiger partial charge in [0.1, 0.15) is 5.78 Å². The second-order valence-electron chi connectivity index (χ2n) is 6.52. The van der Waals surface area contributed by atoms with Gasteiger partial charge >= 0.3 is 0 Å². The summed E-state index contributed by atoms with van der Waals surface area (Å²) in [6, 6.07) is 0.550. The molecule has 100 valence electrons. The lowest BCUT2D eigenvalue weighted by atomic mass is 9.74. The van der Waals surface area contributed by atoms with Crippen molar-refractivity contribution in [2.24, 2.45) is 23.7 Å². The lowest BCUT2D eigenvalue weighted by Gasteiger charge is -2.36. The predicted octanol–water partition coefficient (Wildman–Crippen LogP) is 3.21. The minimum absolute atomic E-state index is 0.261. The van der Waals surface area contributed by atoms with Crippen molar-refractivity contribution < 1.29 is 4.79 Å². The van der Waals surface area contributed by atoms with Crippen LogP contribution < -0.4 is 0 Å². The molecule has 0 aromatic heterocycles. The first kappa shape index (κ1) is 14.7. The molecule has 4 unspecified atom stereocenters. The number of hydrogen-bond donors (Lipinski definition) is 0. The lowest BCUT2D eigenvalue weighted by Crippen LogP contribution is -2.43. The number of rotatable bonds is 4. The fraction of sp³-hybridized carbons (Fsp3) is 0.933. The highest BCUT2D eigenvalue weighted by atomic mass is 16.1. The Balaban J connectivity index is 2.58. The maximum Gasteiger partial charge on any atom is 0.137 e. The summed E-state index contributed by atoms with van der Waals surface area (Å²) in [4.78, 5) is 14.5. The summed E-state index contributed by atoms with van der Waals surface area (Å²) in [5.74, 6) is 2.53. The Morgan fingerprint density at radius 2 is 1.88 bits per heavy atom. The second-order valence-corrected chi connectivity index (χ2v) is 6.52. The fourth-order valence-electron chi connectivity index (χ4n) is 2.96. The number of hydrogen-bond acceptors (Lipinski definition) is 2. The van der Waals surface area contributed by atoms with Crippen LogP contribution in [0.1, 0.15) is 47.5 Å². The third kappa shape index (κ3) is 3.80. The van der Waals surface area contributed by atoms with E-state index in [2.05, 4.69) is 46.6 Å². The molecule has 1 fully saturated rings.